The quantitative estimate of drug-likeness (QED) is 0.478. The van der Waals surface area contributed by atoms with Gasteiger partial charge in [0.2, 0.25) is 5.91 Å². The molecule has 4 bridgehead atoms. The van der Waals surface area contributed by atoms with Crippen LogP contribution in [0.2, 0.25) is 0 Å². The number of hydrogen-bond acceptors (Lipinski definition) is 8. The average Bonchev–Trinajstić information content (AvgIpc) is 3.46. The van der Waals surface area contributed by atoms with Crippen LogP contribution in [0.3, 0.4) is 0 Å². The number of ether oxygens (including phenoxy) is 4. The van der Waals surface area contributed by atoms with Gasteiger partial charge in [-0.2, -0.15) is 0 Å². The number of piperidine rings is 1. The Kier molecular flexibility index (Phi) is 9.28. The summed E-state index contributed by atoms with van der Waals surface area (Å²) < 4.78 is 28.7. The molecule has 3 amide bonds. The zero-order valence-electron chi connectivity index (χ0n) is 23.7. The molecule has 2 aliphatic rings. The Hall–Kier alpha value is -4.51. The number of carbonyl (C=O) groups excluding carboxylic acids is 3. The molecule has 11 nitrogen and oxygen atoms in total. The van der Waals surface area contributed by atoms with Crippen molar-refractivity contribution in [2.75, 3.05) is 33.4 Å². The first kappa shape index (κ1) is 29.0. The molecule has 0 saturated carbocycles. The van der Waals surface area contributed by atoms with Gasteiger partial charge in [0.15, 0.2) is 5.76 Å². The molecule has 11 heteroatoms. The molecule has 2 aliphatic heterocycles. The maximum absolute atomic E-state index is 13.2. The number of nitrogens with one attached hydrogen (secondary N) is 2. The Bertz CT molecular complexity index is 1420. The molecule has 0 spiro atoms. The topological polar surface area (TPSA) is 129 Å². The molecule has 222 valence electrons. The minimum atomic E-state index is -0.434. The lowest BCUT2D eigenvalue weighted by molar-refractivity contribution is -0.124. The van der Waals surface area contributed by atoms with Gasteiger partial charge < -0.3 is 38.9 Å². The second-order valence-corrected chi connectivity index (χ2v) is 10.1. The summed E-state index contributed by atoms with van der Waals surface area (Å²) in [6.07, 6.45) is 0.831. The maximum Gasteiger partial charge on any atom is 0.289 e. The zero-order chi connectivity index (χ0) is 29.5. The molecule has 3 heterocycles. The Morgan fingerprint density at radius 1 is 1.10 bits per heavy atom. The van der Waals surface area contributed by atoms with E-state index in [1.165, 1.54) is 7.11 Å². The largest absolute Gasteiger partial charge is 0.497 e. The van der Waals surface area contributed by atoms with E-state index in [1.807, 2.05) is 31.2 Å². The van der Waals surface area contributed by atoms with Crippen molar-refractivity contribution in [1.29, 1.82) is 0 Å². The monoisotopic (exact) mass is 577 g/mol. The van der Waals surface area contributed by atoms with Crippen LogP contribution in [0.15, 0.2) is 59.0 Å². The SMILES string of the molecule is CCOc1ccc(C(=O)N2CC[C@@H]3OCc4cccc(c4)Oc4cc(OC)cc(c4)C(=O)NCCCC(=O)N[C@H]3C2)o1. The Balaban J connectivity index is 1.34. The predicted molar refractivity (Wildman–Crippen MR) is 152 cm³/mol. The highest BCUT2D eigenvalue weighted by Gasteiger charge is 2.34. The van der Waals surface area contributed by atoms with Gasteiger partial charge in [0.05, 0.1) is 32.5 Å². The highest BCUT2D eigenvalue weighted by atomic mass is 16.6. The molecule has 42 heavy (non-hydrogen) atoms. The summed E-state index contributed by atoms with van der Waals surface area (Å²) in [5.74, 6) is 1.23. The lowest BCUT2D eigenvalue weighted by Crippen LogP contribution is -2.57. The molecule has 3 aromatic rings. The summed E-state index contributed by atoms with van der Waals surface area (Å²) in [6.45, 7) is 3.55. The molecule has 1 aromatic heterocycles. The van der Waals surface area contributed by atoms with Gasteiger partial charge in [0, 0.05) is 43.8 Å². The molecule has 0 radical (unpaired) electrons. The van der Waals surface area contributed by atoms with Gasteiger partial charge in [-0.15, -0.1) is 0 Å². The van der Waals surface area contributed by atoms with E-state index in [0.29, 0.717) is 55.4 Å². The van der Waals surface area contributed by atoms with Crippen molar-refractivity contribution in [3.8, 4) is 23.2 Å². The first-order valence-electron chi connectivity index (χ1n) is 14.1. The number of hydrogen-bond donors (Lipinski definition) is 2. The van der Waals surface area contributed by atoms with E-state index >= 15 is 0 Å². The summed E-state index contributed by atoms with van der Waals surface area (Å²) >= 11 is 0. The van der Waals surface area contributed by atoms with Crippen LogP contribution in [0.4, 0.5) is 0 Å². The number of fused-ring (bicyclic) bond motifs is 5. The van der Waals surface area contributed by atoms with E-state index in [4.69, 9.17) is 23.4 Å². The summed E-state index contributed by atoms with van der Waals surface area (Å²) in [5, 5.41) is 5.91. The molecular formula is C31H35N3O8. The smallest absolute Gasteiger partial charge is 0.289 e. The van der Waals surface area contributed by atoms with E-state index in [-0.39, 0.29) is 55.1 Å². The third-order valence-corrected chi connectivity index (χ3v) is 7.10. The Morgan fingerprint density at radius 2 is 1.98 bits per heavy atom. The second kappa shape index (κ2) is 13.4. The van der Waals surface area contributed by atoms with Crippen molar-refractivity contribution in [3.05, 3.63) is 71.5 Å². The number of nitrogens with zero attached hydrogens (tertiary/aromatic N) is 1. The summed E-state index contributed by atoms with van der Waals surface area (Å²) in [6, 6.07) is 15.2. The van der Waals surface area contributed by atoms with Crippen LogP contribution in [0, 0.1) is 0 Å². The molecule has 5 rings (SSSR count). The minimum Gasteiger partial charge on any atom is -0.497 e. The van der Waals surface area contributed by atoms with Gasteiger partial charge in [-0.05, 0) is 55.7 Å². The number of methoxy groups -OCH3 is 1. The fraction of sp³-hybridized carbons (Fsp3) is 0.387. The van der Waals surface area contributed by atoms with Gasteiger partial charge >= 0.3 is 0 Å². The van der Waals surface area contributed by atoms with Crippen LogP contribution < -0.4 is 24.8 Å². The van der Waals surface area contributed by atoms with Crippen molar-refractivity contribution in [3.63, 3.8) is 0 Å². The third kappa shape index (κ3) is 7.22. The molecule has 1 fully saturated rings. The van der Waals surface area contributed by atoms with Gasteiger partial charge in [0.25, 0.3) is 17.8 Å². The van der Waals surface area contributed by atoms with Gasteiger partial charge in [0.1, 0.15) is 17.2 Å². The number of likely N-dealkylation sites (tertiary alicyclic amines) is 1. The molecule has 2 aromatic carbocycles. The van der Waals surface area contributed by atoms with E-state index < -0.39 is 6.04 Å². The van der Waals surface area contributed by atoms with Crippen molar-refractivity contribution in [2.24, 2.45) is 0 Å². The van der Waals surface area contributed by atoms with Crippen LogP contribution in [-0.2, 0) is 16.1 Å². The van der Waals surface area contributed by atoms with Gasteiger partial charge in [-0.25, -0.2) is 0 Å². The average molecular weight is 578 g/mol. The summed E-state index contributed by atoms with van der Waals surface area (Å²) in [4.78, 5) is 40.6. The van der Waals surface area contributed by atoms with Crippen molar-refractivity contribution in [1.82, 2.24) is 15.5 Å². The molecule has 0 aliphatic carbocycles. The fourth-order valence-corrected chi connectivity index (χ4v) is 5.01. The first-order chi connectivity index (χ1) is 20.4. The lowest BCUT2D eigenvalue weighted by atomic mass is 10.0. The standard InChI is InChI=1S/C31H35N3O8/c1-3-39-29-10-9-27(42-29)31(37)34-13-11-26-25(18-34)33-28(35)8-5-12-32-30(36)21-15-23(38-2)17-24(16-21)41-22-7-4-6-20(14-22)19-40-26/h4,6-7,9-10,14-17,25-26H,3,5,8,11-13,18-19H2,1-2H3,(H,32,36)(H,33,35)/t25-,26-/m0/s1. The number of rotatable bonds is 4. The number of carbonyl (C=O) groups is 3. The zero-order valence-corrected chi connectivity index (χ0v) is 23.7. The lowest BCUT2D eigenvalue weighted by Gasteiger charge is -2.38. The summed E-state index contributed by atoms with van der Waals surface area (Å²) in [7, 11) is 1.53. The molecule has 2 N–H and O–H groups in total. The number of amides is 3. The molecule has 1 saturated heterocycles. The Labute approximate surface area is 244 Å². The highest BCUT2D eigenvalue weighted by Crippen LogP contribution is 2.29. The van der Waals surface area contributed by atoms with Crippen LogP contribution in [0.1, 0.15) is 52.7 Å². The number of benzene rings is 2. The predicted octanol–water partition coefficient (Wildman–Crippen LogP) is 3.92. The maximum atomic E-state index is 13.2. The Morgan fingerprint density at radius 3 is 2.81 bits per heavy atom. The highest BCUT2D eigenvalue weighted by molar-refractivity contribution is 5.95. The molecular weight excluding hydrogens is 542 g/mol. The van der Waals surface area contributed by atoms with Gasteiger partial charge in [-0.3, -0.25) is 14.4 Å². The van der Waals surface area contributed by atoms with E-state index in [2.05, 4.69) is 10.6 Å². The van der Waals surface area contributed by atoms with Crippen LogP contribution in [0.5, 0.6) is 23.2 Å². The van der Waals surface area contributed by atoms with Crippen LogP contribution in [-0.4, -0.2) is 68.1 Å². The molecule has 0 unspecified atom stereocenters. The minimum absolute atomic E-state index is 0.180. The van der Waals surface area contributed by atoms with Gasteiger partial charge in [-0.1, -0.05) is 12.1 Å². The third-order valence-electron chi connectivity index (χ3n) is 7.10. The van der Waals surface area contributed by atoms with E-state index in [9.17, 15) is 14.4 Å². The van der Waals surface area contributed by atoms with E-state index in [1.54, 1.807) is 35.2 Å². The fourth-order valence-electron chi connectivity index (χ4n) is 5.01. The van der Waals surface area contributed by atoms with Crippen LogP contribution in [0.25, 0.3) is 0 Å². The summed E-state index contributed by atoms with van der Waals surface area (Å²) in [5.41, 5.74) is 1.26. The van der Waals surface area contributed by atoms with E-state index in [0.717, 1.165) is 5.56 Å². The van der Waals surface area contributed by atoms with Crippen LogP contribution >= 0.6 is 0 Å². The second-order valence-electron chi connectivity index (χ2n) is 10.1. The normalized spacial score (nSPS) is 19.7. The molecule has 2 atom stereocenters. The number of furan rings is 1. The van der Waals surface area contributed by atoms with Crippen molar-refractivity contribution < 1.29 is 37.7 Å². The van der Waals surface area contributed by atoms with Crippen molar-refractivity contribution in [2.45, 2.75) is 44.9 Å². The first-order valence-corrected chi connectivity index (χ1v) is 14.1. The van der Waals surface area contributed by atoms with Crippen molar-refractivity contribution >= 4 is 17.7 Å².